The molecule has 10 nitrogen and oxygen atoms in total. The average molecular weight is 391 g/mol. The Balaban J connectivity index is 0.000000640. The second kappa shape index (κ2) is 8.61. The van der Waals surface area contributed by atoms with Crippen molar-refractivity contribution >= 4 is 35.3 Å². The van der Waals surface area contributed by atoms with Crippen molar-refractivity contribution in [2.45, 2.75) is 25.8 Å². The van der Waals surface area contributed by atoms with Crippen LogP contribution in [0.3, 0.4) is 0 Å². The van der Waals surface area contributed by atoms with Crippen LogP contribution in [-0.4, -0.2) is 75.9 Å². The van der Waals surface area contributed by atoms with Gasteiger partial charge in [-0.1, -0.05) is 6.07 Å². The topological polar surface area (TPSA) is 144 Å². The lowest BCUT2D eigenvalue weighted by Gasteiger charge is -2.34. The molecular formula is C18H21N3O7. The van der Waals surface area contributed by atoms with E-state index in [0.717, 1.165) is 16.7 Å². The summed E-state index contributed by atoms with van der Waals surface area (Å²) in [5.41, 5.74) is 0.994. The fourth-order valence-corrected chi connectivity index (χ4v) is 3.19. The minimum atomic E-state index is -1.02. The third kappa shape index (κ3) is 3.86. The number of anilines is 1. The van der Waals surface area contributed by atoms with E-state index in [-0.39, 0.29) is 37.1 Å². The van der Waals surface area contributed by atoms with Gasteiger partial charge in [0.15, 0.2) is 0 Å². The molecule has 2 heterocycles. The molecule has 1 aromatic rings. The highest BCUT2D eigenvalue weighted by Crippen LogP contribution is 2.32. The molecule has 28 heavy (non-hydrogen) atoms. The number of β-amino-alcohol motifs (C(OH)–C–C–N with tert-alkyl or cyclic N) is 1. The highest BCUT2D eigenvalue weighted by atomic mass is 16.4. The van der Waals surface area contributed by atoms with Gasteiger partial charge in [-0.3, -0.25) is 33.8 Å². The van der Waals surface area contributed by atoms with Crippen LogP contribution in [0.4, 0.5) is 5.69 Å². The van der Waals surface area contributed by atoms with Crippen molar-refractivity contribution in [3.05, 3.63) is 29.3 Å². The molecule has 4 amide bonds. The average Bonchev–Trinajstić information content (AvgIpc) is 2.90. The van der Waals surface area contributed by atoms with Gasteiger partial charge in [0.1, 0.15) is 6.04 Å². The van der Waals surface area contributed by atoms with Crippen molar-refractivity contribution in [3.8, 4) is 0 Å². The van der Waals surface area contributed by atoms with E-state index >= 15 is 0 Å². The van der Waals surface area contributed by atoms with E-state index in [1.807, 2.05) is 0 Å². The maximum Gasteiger partial charge on any atom is 0.300 e. The normalized spacial score (nSPS) is 18.6. The van der Waals surface area contributed by atoms with Gasteiger partial charge < -0.3 is 15.5 Å². The summed E-state index contributed by atoms with van der Waals surface area (Å²) in [4.78, 5) is 60.6. The molecule has 0 spiro atoms. The van der Waals surface area contributed by atoms with Crippen LogP contribution < -0.4 is 5.32 Å². The van der Waals surface area contributed by atoms with Crippen LogP contribution in [0.15, 0.2) is 18.2 Å². The minimum absolute atomic E-state index is 0.0443. The number of carbonyl (C=O) groups is 5. The second-order valence-electron chi connectivity index (χ2n) is 6.14. The number of aliphatic carboxylic acids is 1. The first-order chi connectivity index (χ1) is 13.2. The van der Waals surface area contributed by atoms with Crippen LogP contribution in [-0.2, 0) is 14.4 Å². The van der Waals surface area contributed by atoms with Crippen LogP contribution in [0.25, 0.3) is 0 Å². The number of nitrogens with zero attached hydrogens (tertiary/aromatic N) is 2. The molecule has 0 aliphatic carbocycles. The Hall–Kier alpha value is -3.27. The summed E-state index contributed by atoms with van der Waals surface area (Å²) < 4.78 is 0. The summed E-state index contributed by atoms with van der Waals surface area (Å²) >= 11 is 0. The number of piperidine rings is 1. The number of carbonyl (C=O) groups excluding carboxylic acids is 4. The van der Waals surface area contributed by atoms with E-state index in [4.69, 9.17) is 15.0 Å². The number of aliphatic hydroxyl groups excluding tert-OH is 1. The lowest BCUT2D eigenvalue weighted by atomic mass is 10.0. The highest BCUT2D eigenvalue weighted by Gasteiger charge is 2.47. The monoisotopic (exact) mass is 391 g/mol. The molecule has 0 radical (unpaired) electrons. The first kappa shape index (κ1) is 21.0. The molecule has 10 heteroatoms. The van der Waals surface area contributed by atoms with Crippen molar-refractivity contribution in [1.29, 1.82) is 0 Å². The van der Waals surface area contributed by atoms with Gasteiger partial charge in [0.25, 0.3) is 23.7 Å². The number of carboxylic acid groups (broad SMARTS) is 1. The molecule has 3 N–H and O–H groups in total. The standard InChI is InChI=1S/C16H17N3O5.C2H4O2/c1-17-10-4-2-3-9-13(10)16(24)19(14(9)22)11-5-6-12(21)18(7-8-20)15(11)23;1-2(3)4/h2-4,11,17,20H,5-8H2,1H3;1H3,(H,3,4). The quantitative estimate of drug-likeness (QED) is 0.605. The third-order valence-electron chi connectivity index (χ3n) is 4.33. The third-order valence-corrected chi connectivity index (χ3v) is 4.33. The van der Waals surface area contributed by atoms with Gasteiger partial charge in [0.05, 0.1) is 24.3 Å². The van der Waals surface area contributed by atoms with Gasteiger partial charge in [-0.25, -0.2) is 0 Å². The molecule has 2 aliphatic rings. The van der Waals surface area contributed by atoms with Crippen LogP contribution in [0.2, 0.25) is 0 Å². The Bertz CT molecular complexity index is 832. The summed E-state index contributed by atoms with van der Waals surface area (Å²) in [5.74, 6) is -2.95. The number of imide groups is 2. The number of hydrogen-bond acceptors (Lipinski definition) is 7. The molecule has 1 aromatic carbocycles. The molecular weight excluding hydrogens is 370 g/mol. The molecule has 1 saturated heterocycles. The molecule has 0 aromatic heterocycles. The minimum Gasteiger partial charge on any atom is -0.481 e. The zero-order valence-electron chi connectivity index (χ0n) is 15.5. The zero-order chi connectivity index (χ0) is 21.0. The summed E-state index contributed by atoms with van der Waals surface area (Å²) in [6.45, 7) is 0.579. The van der Waals surface area contributed by atoms with Gasteiger partial charge in [0, 0.05) is 26.1 Å². The summed E-state index contributed by atoms with van der Waals surface area (Å²) in [6.07, 6.45) is 0.142. The number of hydrogen-bond donors (Lipinski definition) is 3. The number of likely N-dealkylation sites (tertiary alicyclic amines) is 1. The molecule has 1 atom stereocenters. The molecule has 1 unspecified atom stereocenters. The zero-order valence-corrected chi connectivity index (χ0v) is 15.5. The number of fused-ring (bicyclic) bond motifs is 1. The van der Waals surface area contributed by atoms with Crippen molar-refractivity contribution in [3.63, 3.8) is 0 Å². The first-order valence-corrected chi connectivity index (χ1v) is 8.57. The molecule has 1 fully saturated rings. The fourth-order valence-electron chi connectivity index (χ4n) is 3.19. The van der Waals surface area contributed by atoms with Crippen LogP contribution in [0, 0.1) is 0 Å². The second-order valence-corrected chi connectivity index (χ2v) is 6.14. The summed E-state index contributed by atoms with van der Waals surface area (Å²) in [7, 11) is 1.64. The fraction of sp³-hybridized carbons (Fsp3) is 0.389. The Kier molecular flexibility index (Phi) is 6.47. The van der Waals surface area contributed by atoms with Crippen molar-refractivity contribution in [2.24, 2.45) is 0 Å². The van der Waals surface area contributed by atoms with E-state index in [0.29, 0.717) is 5.69 Å². The number of rotatable bonds is 4. The van der Waals surface area contributed by atoms with Crippen LogP contribution in [0.1, 0.15) is 40.5 Å². The maximum atomic E-state index is 12.7. The predicted octanol–water partition coefficient (Wildman–Crippen LogP) is -0.0749. The first-order valence-electron chi connectivity index (χ1n) is 8.57. The SMILES string of the molecule is CC(=O)O.CNc1cccc2c1C(=O)N(C1CCC(=O)N(CCO)C1=O)C2=O. The van der Waals surface area contributed by atoms with Gasteiger partial charge in [-0.15, -0.1) is 0 Å². The molecule has 150 valence electrons. The Morgan fingerprint density at radius 3 is 2.43 bits per heavy atom. The van der Waals surface area contributed by atoms with E-state index in [1.165, 1.54) is 0 Å². The van der Waals surface area contributed by atoms with E-state index in [9.17, 15) is 19.2 Å². The number of nitrogens with one attached hydrogen (secondary N) is 1. The number of benzene rings is 1. The van der Waals surface area contributed by atoms with E-state index < -0.39 is 35.6 Å². The predicted molar refractivity (Wildman–Crippen MR) is 96.6 cm³/mol. The lowest BCUT2D eigenvalue weighted by molar-refractivity contribution is -0.152. The maximum absolute atomic E-state index is 12.7. The number of carboxylic acids is 1. The van der Waals surface area contributed by atoms with Crippen LogP contribution in [0.5, 0.6) is 0 Å². The molecule has 0 bridgehead atoms. The summed E-state index contributed by atoms with van der Waals surface area (Å²) in [5, 5.41) is 19.3. The Morgan fingerprint density at radius 1 is 1.21 bits per heavy atom. The van der Waals surface area contributed by atoms with Gasteiger partial charge in [-0.2, -0.15) is 0 Å². The number of amides is 4. The van der Waals surface area contributed by atoms with E-state index in [1.54, 1.807) is 25.2 Å². The Labute approximate surface area is 160 Å². The number of aliphatic hydroxyl groups is 1. The molecule has 3 rings (SSSR count). The Morgan fingerprint density at radius 2 is 1.86 bits per heavy atom. The van der Waals surface area contributed by atoms with Crippen molar-refractivity contribution in [1.82, 2.24) is 9.80 Å². The molecule has 0 saturated carbocycles. The van der Waals surface area contributed by atoms with Crippen LogP contribution >= 0.6 is 0 Å². The van der Waals surface area contributed by atoms with Crippen molar-refractivity contribution in [2.75, 3.05) is 25.5 Å². The van der Waals surface area contributed by atoms with Crippen molar-refractivity contribution < 1.29 is 34.2 Å². The smallest absolute Gasteiger partial charge is 0.300 e. The lowest BCUT2D eigenvalue weighted by Crippen LogP contribution is -2.56. The van der Waals surface area contributed by atoms with Gasteiger partial charge in [-0.05, 0) is 18.6 Å². The molecule has 2 aliphatic heterocycles. The largest absolute Gasteiger partial charge is 0.481 e. The van der Waals surface area contributed by atoms with Gasteiger partial charge >= 0.3 is 0 Å². The van der Waals surface area contributed by atoms with E-state index in [2.05, 4.69) is 5.32 Å². The van der Waals surface area contributed by atoms with Gasteiger partial charge in [0.2, 0.25) is 5.91 Å². The highest BCUT2D eigenvalue weighted by molar-refractivity contribution is 6.25. The summed E-state index contributed by atoms with van der Waals surface area (Å²) in [6, 6.07) is 3.85.